The maximum Gasteiger partial charge on any atom is 0.358 e. The largest absolute Gasteiger partial charge is 0.464 e. The van der Waals surface area contributed by atoms with Crippen LogP contribution in [-0.2, 0) is 4.74 Å². The molecule has 0 spiro atoms. The lowest BCUT2D eigenvalue weighted by Crippen LogP contribution is -2.03. The third-order valence-electron chi connectivity index (χ3n) is 2.13. The summed E-state index contributed by atoms with van der Waals surface area (Å²) >= 11 is 6.83. The molecule has 1 heterocycles. The van der Waals surface area contributed by atoms with E-state index in [-0.39, 0.29) is 10.7 Å². The number of esters is 1. The molecule has 0 N–H and O–H groups in total. The van der Waals surface area contributed by atoms with Crippen LogP contribution in [0.4, 0.5) is 4.39 Å². The lowest BCUT2D eigenvalue weighted by atomic mass is 10.1. The van der Waals surface area contributed by atoms with E-state index in [1.165, 1.54) is 36.1 Å². The molecule has 0 bridgehead atoms. The van der Waals surface area contributed by atoms with E-state index in [4.69, 9.17) is 11.6 Å². The third kappa shape index (κ3) is 2.30. The molecule has 0 aliphatic carbocycles. The van der Waals surface area contributed by atoms with Crippen molar-refractivity contribution in [1.29, 1.82) is 0 Å². The Morgan fingerprint density at radius 2 is 2.29 bits per heavy atom. The van der Waals surface area contributed by atoms with Crippen LogP contribution in [0.5, 0.6) is 0 Å². The number of thiazole rings is 1. The van der Waals surface area contributed by atoms with Gasteiger partial charge in [-0.3, -0.25) is 0 Å². The number of hydrogen-bond acceptors (Lipinski definition) is 4. The minimum absolute atomic E-state index is 0.0397. The lowest BCUT2D eigenvalue weighted by molar-refractivity contribution is 0.0596. The second kappa shape index (κ2) is 4.81. The van der Waals surface area contributed by atoms with Crippen LogP contribution in [0, 0.1) is 5.82 Å². The summed E-state index contributed by atoms with van der Waals surface area (Å²) < 4.78 is 17.9. The summed E-state index contributed by atoms with van der Waals surface area (Å²) in [5.74, 6) is -1.08. The number of nitrogens with zero attached hydrogens (tertiary/aromatic N) is 1. The van der Waals surface area contributed by atoms with Crippen molar-refractivity contribution in [2.45, 2.75) is 0 Å². The van der Waals surface area contributed by atoms with E-state index in [2.05, 4.69) is 9.72 Å². The van der Waals surface area contributed by atoms with Gasteiger partial charge in [0.25, 0.3) is 0 Å². The van der Waals surface area contributed by atoms with Crippen LogP contribution in [0.15, 0.2) is 23.7 Å². The van der Waals surface area contributed by atoms with E-state index in [0.29, 0.717) is 10.4 Å². The predicted octanol–water partition coefficient (Wildman–Crippen LogP) is 3.39. The Labute approximate surface area is 106 Å². The van der Waals surface area contributed by atoms with E-state index in [1.807, 2.05) is 0 Å². The first-order chi connectivity index (χ1) is 8.13. The minimum Gasteiger partial charge on any atom is -0.464 e. The van der Waals surface area contributed by atoms with Gasteiger partial charge < -0.3 is 4.74 Å². The highest BCUT2D eigenvalue weighted by Gasteiger charge is 2.17. The molecule has 17 heavy (non-hydrogen) atoms. The molecule has 88 valence electrons. The summed E-state index contributed by atoms with van der Waals surface area (Å²) in [6.07, 6.45) is 0. The SMILES string of the molecule is COC(=O)c1ncsc1-c1ccc(Cl)c(F)c1. The third-order valence-corrected chi connectivity index (χ3v) is 3.31. The van der Waals surface area contributed by atoms with Crippen LogP contribution < -0.4 is 0 Å². The Balaban J connectivity index is 2.50. The van der Waals surface area contributed by atoms with Gasteiger partial charge in [-0.2, -0.15) is 0 Å². The number of aromatic nitrogens is 1. The van der Waals surface area contributed by atoms with Gasteiger partial charge in [-0.25, -0.2) is 14.2 Å². The number of carbonyl (C=O) groups excluding carboxylic acids is 1. The van der Waals surface area contributed by atoms with Crippen molar-refractivity contribution in [1.82, 2.24) is 4.98 Å². The van der Waals surface area contributed by atoms with Gasteiger partial charge in [-0.1, -0.05) is 17.7 Å². The fourth-order valence-corrected chi connectivity index (χ4v) is 2.22. The number of methoxy groups -OCH3 is 1. The molecule has 3 nitrogen and oxygen atoms in total. The van der Waals surface area contributed by atoms with Crippen LogP contribution in [-0.4, -0.2) is 18.1 Å². The summed E-state index contributed by atoms with van der Waals surface area (Å²) in [6, 6.07) is 4.33. The van der Waals surface area contributed by atoms with Crippen molar-refractivity contribution in [3.05, 3.63) is 40.2 Å². The maximum atomic E-state index is 13.3. The Morgan fingerprint density at radius 1 is 1.53 bits per heavy atom. The van der Waals surface area contributed by atoms with Crippen LogP contribution in [0.3, 0.4) is 0 Å². The molecule has 0 aliphatic heterocycles. The second-order valence-corrected chi connectivity index (χ2v) is 4.41. The van der Waals surface area contributed by atoms with Crippen LogP contribution in [0.25, 0.3) is 10.4 Å². The molecular formula is C11H7ClFNO2S. The van der Waals surface area contributed by atoms with Crippen molar-refractivity contribution in [3.8, 4) is 10.4 Å². The number of ether oxygens (including phenoxy) is 1. The molecule has 0 saturated heterocycles. The first-order valence-electron chi connectivity index (χ1n) is 4.60. The monoisotopic (exact) mass is 271 g/mol. The van der Waals surface area contributed by atoms with Gasteiger partial charge in [0.1, 0.15) is 5.82 Å². The highest BCUT2D eigenvalue weighted by molar-refractivity contribution is 7.13. The maximum absolute atomic E-state index is 13.3. The zero-order valence-corrected chi connectivity index (χ0v) is 10.3. The summed E-state index contributed by atoms with van der Waals surface area (Å²) in [6.45, 7) is 0. The van der Waals surface area contributed by atoms with Gasteiger partial charge in [0, 0.05) is 0 Å². The van der Waals surface area contributed by atoms with Crippen molar-refractivity contribution < 1.29 is 13.9 Å². The van der Waals surface area contributed by atoms with Gasteiger partial charge in [0.2, 0.25) is 0 Å². The molecule has 0 unspecified atom stereocenters. The van der Waals surface area contributed by atoms with E-state index >= 15 is 0 Å². The standard InChI is InChI=1S/C11H7ClFNO2S/c1-16-11(15)9-10(17-5-14-9)6-2-3-7(12)8(13)4-6/h2-5H,1H3. The fourth-order valence-electron chi connectivity index (χ4n) is 1.33. The predicted molar refractivity (Wildman–Crippen MR) is 63.9 cm³/mol. The van der Waals surface area contributed by atoms with Crippen molar-refractivity contribution in [2.75, 3.05) is 7.11 Å². The van der Waals surface area contributed by atoms with Gasteiger partial charge >= 0.3 is 5.97 Å². The first-order valence-corrected chi connectivity index (χ1v) is 5.86. The number of benzene rings is 1. The summed E-state index contributed by atoms with van der Waals surface area (Å²) in [5.41, 5.74) is 2.24. The Bertz CT molecular complexity index is 570. The molecule has 0 saturated carbocycles. The lowest BCUT2D eigenvalue weighted by Gasteiger charge is -2.02. The zero-order chi connectivity index (χ0) is 12.4. The van der Waals surface area contributed by atoms with Crippen molar-refractivity contribution >= 4 is 28.9 Å². The molecule has 1 aromatic heterocycles. The molecule has 1 aromatic carbocycles. The van der Waals surface area contributed by atoms with E-state index in [9.17, 15) is 9.18 Å². The molecule has 0 atom stereocenters. The second-order valence-electron chi connectivity index (χ2n) is 3.15. The van der Waals surface area contributed by atoms with Crippen LogP contribution >= 0.6 is 22.9 Å². The van der Waals surface area contributed by atoms with Crippen LogP contribution in [0.1, 0.15) is 10.5 Å². The average molecular weight is 272 g/mol. The van der Waals surface area contributed by atoms with Crippen LogP contribution in [0.2, 0.25) is 5.02 Å². The summed E-state index contributed by atoms with van der Waals surface area (Å²) in [5, 5.41) is 0.0397. The number of hydrogen-bond donors (Lipinski definition) is 0. The molecular weight excluding hydrogens is 265 g/mol. The van der Waals surface area contributed by atoms with Gasteiger partial charge in [-0.15, -0.1) is 11.3 Å². The number of rotatable bonds is 2. The highest BCUT2D eigenvalue weighted by atomic mass is 35.5. The van der Waals surface area contributed by atoms with E-state index in [1.54, 1.807) is 6.07 Å². The molecule has 6 heteroatoms. The minimum atomic E-state index is -0.545. The first kappa shape index (κ1) is 12.0. The smallest absolute Gasteiger partial charge is 0.358 e. The summed E-state index contributed by atoms with van der Waals surface area (Å²) in [4.78, 5) is 15.9. The van der Waals surface area contributed by atoms with Gasteiger partial charge in [0.05, 0.1) is 22.5 Å². The molecule has 2 rings (SSSR count). The van der Waals surface area contributed by atoms with Gasteiger partial charge in [0.15, 0.2) is 5.69 Å². The Morgan fingerprint density at radius 3 is 2.94 bits per heavy atom. The van der Waals surface area contributed by atoms with Crippen molar-refractivity contribution in [3.63, 3.8) is 0 Å². The molecule has 2 aromatic rings. The topological polar surface area (TPSA) is 39.2 Å². The fraction of sp³-hybridized carbons (Fsp3) is 0.0909. The van der Waals surface area contributed by atoms with E-state index in [0.717, 1.165) is 0 Å². The highest BCUT2D eigenvalue weighted by Crippen LogP contribution is 2.30. The molecule has 0 aliphatic rings. The molecule has 0 amide bonds. The molecule has 0 fully saturated rings. The molecule has 0 radical (unpaired) electrons. The number of carbonyl (C=O) groups is 1. The summed E-state index contributed by atoms with van der Waals surface area (Å²) in [7, 11) is 1.27. The zero-order valence-electron chi connectivity index (χ0n) is 8.74. The van der Waals surface area contributed by atoms with E-state index < -0.39 is 11.8 Å². The van der Waals surface area contributed by atoms with Crippen molar-refractivity contribution in [2.24, 2.45) is 0 Å². The number of halogens is 2. The Hall–Kier alpha value is -1.46. The normalized spacial score (nSPS) is 10.3. The average Bonchev–Trinajstić information content (AvgIpc) is 2.80. The quantitative estimate of drug-likeness (QED) is 0.786. The van der Waals surface area contributed by atoms with Gasteiger partial charge in [-0.05, 0) is 17.7 Å². The Kier molecular flexibility index (Phi) is 3.40.